The molecule has 1 aromatic carbocycles. The Balaban J connectivity index is 2.22. The van der Waals surface area contributed by atoms with E-state index in [0.29, 0.717) is 6.54 Å². The Labute approximate surface area is 104 Å². The molecule has 1 heterocycles. The molecule has 1 atom stereocenters. The first-order chi connectivity index (χ1) is 7.70. The lowest BCUT2D eigenvalue weighted by Crippen LogP contribution is -2.25. The van der Waals surface area contributed by atoms with E-state index in [0.717, 1.165) is 28.7 Å². The van der Waals surface area contributed by atoms with Gasteiger partial charge in [0.2, 0.25) is 5.91 Å². The van der Waals surface area contributed by atoms with Crippen LogP contribution in [0.4, 0.5) is 11.4 Å². The summed E-state index contributed by atoms with van der Waals surface area (Å²) in [7, 11) is 0. The van der Waals surface area contributed by atoms with Crippen LogP contribution in [-0.4, -0.2) is 12.5 Å². The molecule has 0 saturated heterocycles. The highest BCUT2D eigenvalue weighted by Crippen LogP contribution is 2.29. The molecule has 0 saturated carbocycles. The number of halogens is 1. The quantitative estimate of drug-likeness (QED) is 0.875. The molecule has 0 aliphatic carbocycles. The molecule has 0 fully saturated rings. The van der Waals surface area contributed by atoms with Gasteiger partial charge < -0.3 is 10.6 Å². The lowest BCUT2D eigenvalue weighted by Gasteiger charge is -2.11. The summed E-state index contributed by atoms with van der Waals surface area (Å²) in [5.41, 5.74) is 1.85. The summed E-state index contributed by atoms with van der Waals surface area (Å²) in [4.78, 5) is 11.9. The van der Waals surface area contributed by atoms with Crippen molar-refractivity contribution in [2.45, 2.75) is 19.8 Å². The summed E-state index contributed by atoms with van der Waals surface area (Å²) < 4.78 is 1.02. The minimum Gasteiger partial charge on any atom is -0.383 e. The summed E-state index contributed by atoms with van der Waals surface area (Å²) >= 11 is 3.42. The molecule has 2 N–H and O–H groups in total. The predicted molar refractivity (Wildman–Crippen MR) is 69.7 cm³/mol. The van der Waals surface area contributed by atoms with Gasteiger partial charge in [-0.15, -0.1) is 0 Å². The van der Waals surface area contributed by atoms with Crippen LogP contribution in [-0.2, 0) is 4.79 Å². The van der Waals surface area contributed by atoms with Gasteiger partial charge in [-0.3, -0.25) is 4.79 Å². The average molecular weight is 283 g/mol. The van der Waals surface area contributed by atoms with E-state index in [9.17, 15) is 4.79 Å². The zero-order valence-electron chi connectivity index (χ0n) is 9.22. The maximum atomic E-state index is 11.9. The Morgan fingerprint density at radius 1 is 1.44 bits per heavy atom. The number of carbonyl (C=O) groups excluding carboxylic acids is 1. The fraction of sp³-hybridized carbons (Fsp3) is 0.417. The first-order valence-electron chi connectivity index (χ1n) is 5.55. The highest BCUT2D eigenvalue weighted by molar-refractivity contribution is 9.10. The zero-order chi connectivity index (χ0) is 11.5. The summed E-state index contributed by atoms with van der Waals surface area (Å²) in [5.74, 6) is 0.187. The summed E-state index contributed by atoms with van der Waals surface area (Å²) in [6.45, 7) is 2.81. The minimum absolute atomic E-state index is 0.0659. The first-order valence-corrected chi connectivity index (χ1v) is 6.34. The highest BCUT2D eigenvalue weighted by Gasteiger charge is 2.22. The Kier molecular flexibility index (Phi) is 3.49. The standard InChI is InChI=1S/C12H15BrN2O/c1-2-3-8-7-14-11-6-9(13)4-5-10(11)15-12(8)16/h4-6,8,14H,2-3,7H2,1H3,(H,15,16). The molecular weight excluding hydrogens is 268 g/mol. The number of carbonyl (C=O) groups is 1. The van der Waals surface area contributed by atoms with Gasteiger partial charge in [-0.2, -0.15) is 0 Å². The topological polar surface area (TPSA) is 41.1 Å². The van der Waals surface area contributed by atoms with Gasteiger partial charge in [-0.1, -0.05) is 29.3 Å². The van der Waals surface area contributed by atoms with Gasteiger partial charge in [0.1, 0.15) is 0 Å². The van der Waals surface area contributed by atoms with Crippen molar-refractivity contribution in [3.05, 3.63) is 22.7 Å². The Morgan fingerprint density at radius 3 is 3.00 bits per heavy atom. The molecule has 0 aromatic heterocycles. The molecule has 16 heavy (non-hydrogen) atoms. The van der Waals surface area contributed by atoms with Crippen LogP contribution in [0.5, 0.6) is 0 Å². The van der Waals surface area contributed by atoms with Crippen LogP contribution in [0.1, 0.15) is 19.8 Å². The van der Waals surface area contributed by atoms with Gasteiger partial charge in [0.05, 0.1) is 17.3 Å². The van der Waals surface area contributed by atoms with Crippen molar-refractivity contribution in [1.82, 2.24) is 0 Å². The van der Waals surface area contributed by atoms with Gasteiger partial charge in [-0.05, 0) is 24.6 Å². The van der Waals surface area contributed by atoms with Crippen molar-refractivity contribution in [3.8, 4) is 0 Å². The van der Waals surface area contributed by atoms with Crippen molar-refractivity contribution in [1.29, 1.82) is 0 Å². The molecule has 0 spiro atoms. The third kappa shape index (κ3) is 2.38. The summed E-state index contributed by atoms with van der Waals surface area (Å²) in [6.07, 6.45) is 1.95. The van der Waals surface area contributed by atoms with E-state index in [1.54, 1.807) is 0 Å². The number of hydrogen-bond acceptors (Lipinski definition) is 2. The molecule has 1 unspecified atom stereocenters. The number of hydrogen-bond donors (Lipinski definition) is 2. The second-order valence-corrected chi connectivity index (χ2v) is 4.96. The molecule has 3 nitrogen and oxygen atoms in total. The van der Waals surface area contributed by atoms with E-state index >= 15 is 0 Å². The number of nitrogens with one attached hydrogen (secondary N) is 2. The molecule has 1 aliphatic heterocycles. The molecule has 0 bridgehead atoms. The van der Waals surface area contributed by atoms with E-state index in [-0.39, 0.29) is 11.8 Å². The van der Waals surface area contributed by atoms with Crippen LogP contribution in [0.3, 0.4) is 0 Å². The maximum Gasteiger partial charge on any atom is 0.229 e. The Morgan fingerprint density at radius 2 is 2.25 bits per heavy atom. The van der Waals surface area contributed by atoms with Crippen LogP contribution in [0, 0.1) is 5.92 Å². The summed E-state index contributed by atoms with van der Waals surface area (Å²) in [6, 6.07) is 5.84. The second-order valence-electron chi connectivity index (χ2n) is 4.05. The molecular formula is C12H15BrN2O. The number of benzene rings is 1. The lowest BCUT2D eigenvalue weighted by molar-refractivity contribution is -0.119. The molecule has 86 valence electrons. The fourth-order valence-corrected chi connectivity index (χ4v) is 2.28. The number of anilines is 2. The largest absolute Gasteiger partial charge is 0.383 e. The number of amides is 1. The second kappa shape index (κ2) is 4.87. The van der Waals surface area contributed by atoms with Crippen molar-refractivity contribution in [2.24, 2.45) is 5.92 Å². The molecule has 0 radical (unpaired) electrons. The monoisotopic (exact) mass is 282 g/mol. The lowest BCUT2D eigenvalue weighted by atomic mass is 10.0. The van der Waals surface area contributed by atoms with Gasteiger partial charge in [-0.25, -0.2) is 0 Å². The number of fused-ring (bicyclic) bond motifs is 1. The fourth-order valence-electron chi connectivity index (χ4n) is 1.91. The third-order valence-electron chi connectivity index (χ3n) is 2.79. The predicted octanol–water partition coefficient (Wildman–Crippen LogP) is 3.23. The summed E-state index contributed by atoms with van der Waals surface area (Å²) in [5, 5.41) is 6.28. The zero-order valence-corrected chi connectivity index (χ0v) is 10.8. The van der Waals surface area contributed by atoms with E-state index in [2.05, 4.69) is 33.5 Å². The van der Waals surface area contributed by atoms with Gasteiger partial charge in [0.25, 0.3) is 0 Å². The van der Waals surface area contributed by atoms with Gasteiger partial charge in [0.15, 0.2) is 0 Å². The molecule has 1 amide bonds. The Hall–Kier alpha value is -1.03. The molecule has 4 heteroatoms. The third-order valence-corrected chi connectivity index (χ3v) is 3.28. The maximum absolute atomic E-state index is 11.9. The van der Waals surface area contributed by atoms with Gasteiger partial charge >= 0.3 is 0 Å². The van der Waals surface area contributed by atoms with Crippen molar-refractivity contribution in [2.75, 3.05) is 17.2 Å². The van der Waals surface area contributed by atoms with E-state index < -0.39 is 0 Å². The van der Waals surface area contributed by atoms with Crippen molar-refractivity contribution >= 4 is 33.2 Å². The van der Waals surface area contributed by atoms with Gasteiger partial charge in [0, 0.05) is 11.0 Å². The van der Waals surface area contributed by atoms with Crippen LogP contribution in [0.25, 0.3) is 0 Å². The first kappa shape index (κ1) is 11.5. The number of rotatable bonds is 2. The normalized spacial score (nSPS) is 19.4. The van der Waals surface area contributed by atoms with Crippen molar-refractivity contribution in [3.63, 3.8) is 0 Å². The van der Waals surface area contributed by atoms with Crippen molar-refractivity contribution < 1.29 is 4.79 Å². The van der Waals surface area contributed by atoms with E-state index in [1.165, 1.54) is 0 Å². The Bertz CT molecular complexity index is 406. The van der Waals surface area contributed by atoms with Crippen LogP contribution < -0.4 is 10.6 Å². The van der Waals surface area contributed by atoms with Crippen LogP contribution >= 0.6 is 15.9 Å². The highest BCUT2D eigenvalue weighted by atomic mass is 79.9. The molecule has 1 aliphatic rings. The average Bonchev–Trinajstić information content (AvgIpc) is 2.40. The van der Waals surface area contributed by atoms with Crippen LogP contribution in [0.2, 0.25) is 0 Å². The smallest absolute Gasteiger partial charge is 0.229 e. The SMILES string of the molecule is CCCC1CNc2cc(Br)ccc2NC1=O. The molecule has 1 aromatic rings. The molecule has 2 rings (SSSR count). The van der Waals surface area contributed by atoms with E-state index in [4.69, 9.17) is 0 Å². The minimum atomic E-state index is 0.0659. The van der Waals surface area contributed by atoms with Crippen LogP contribution in [0.15, 0.2) is 22.7 Å². The van der Waals surface area contributed by atoms with E-state index in [1.807, 2.05) is 18.2 Å².